The monoisotopic (exact) mass is 212 g/mol. The van der Waals surface area contributed by atoms with Crippen LogP contribution in [0.25, 0.3) is 0 Å². The number of amidine groups is 4. The molecule has 0 radical (unpaired) electrons. The molecule has 0 aliphatic carbocycles. The van der Waals surface area contributed by atoms with Crippen molar-refractivity contribution >= 4 is 23.3 Å². The van der Waals surface area contributed by atoms with Gasteiger partial charge in [-0.1, -0.05) is 0 Å². The normalized spacial score (nSPS) is 13.9. The van der Waals surface area contributed by atoms with E-state index >= 15 is 0 Å². The SMILES string of the molecule is N=C(N)C(CC(C(=N)N)C(=N)N)C(=N)N. The van der Waals surface area contributed by atoms with Crippen molar-refractivity contribution in [1.29, 1.82) is 21.6 Å². The highest BCUT2D eigenvalue weighted by atomic mass is 14.8. The lowest BCUT2D eigenvalue weighted by Gasteiger charge is -2.19. The van der Waals surface area contributed by atoms with Crippen molar-refractivity contribution in [2.24, 2.45) is 34.8 Å². The number of hydrogen-bond acceptors (Lipinski definition) is 4. The number of hydrogen-bond donors (Lipinski definition) is 8. The van der Waals surface area contributed by atoms with Crippen molar-refractivity contribution in [1.82, 2.24) is 0 Å². The number of rotatable bonds is 6. The van der Waals surface area contributed by atoms with Gasteiger partial charge in [-0.05, 0) is 6.42 Å². The van der Waals surface area contributed by atoms with Gasteiger partial charge in [-0.25, -0.2) is 0 Å². The molecule has 0 atom stereocenters. The second kappa shape index (κ2) is 4.94. The van der Waals surface area contributed by atoms with E-state index in [0.717, 1.165) is 0 Å². The zero-order valence-corrected chi connectivity index (χ0v) is 8.17. The fraction of sp³-hybridized carbons (Fsp3) is 0.429. The van der Waals surface area contributed by atoms with Gasteiger partial charge in [-0.3, -0.25) is 21.6 Å². The van der Waals surface area contributed by atoms with E-state index in [4.69, 9.17) is 44.6 Å². The molecule has 0 heterocycles. The van der Waals surface area contributed by atoms with Gasteiger partial charge < -0.3 is 22.9 Å². The van der Waals surface area contributed by atoms with Crippen LogP contribution in [0, 0.1) is 33.5 Å². The first-order valence-electron chi connectivity index (χ1n) is 4.13. The van der Waals surface area contributed by atoms with Crippen LogP contribution in [0.2, 0.25) is 0 Å². The number of nitrogens with two attached hydrogens (primary N) is 4. The summed E-state index contributed by atoms with van der Waals surface area (Å²) in [5.74, 6) is -2.85. The molecule has 0 rings (SSSR count). The lowest BCUT2D eigenvalue weighted by Crippen LogP contribution is -2.42. The molecular weight excluding hydrogens is 196 g/mol. The van der Waals surface area contributed by atoms with Gasteiger partial charge in [0.05, 0.1) is 11.8 Å². The third kappa shape index (κ3) is 3.63. The third-order valence-electron chi connectivity index (χ3n) is 1.97. The Morgan fingerprint density at radius 2 is 0.867 bits per heavy atom. The van der Waals surface area contributed by atoms with E-state index < -0.39 is 11.8 Å². The molecule has 0 unspecified atom stereocenters. The summed E-state index contributed by atoms with van der Waals surface area (Å²) in [7, 11) is 0. The van der Waals surface area contributed by atoms with Crippen LogP contribution in [0.1, 0.15) is 6.42 Å². The summed E-state index contributed by atoms with van der Waals surface area (Å²) in [6.07, 6.45) is 0.00926. The van der Waals surface area contributed by atoms with Crippen LogP contribution in [0.5, 0.6) is 0 Å². The van der Waals surface area contributed by atoms with Crippen molar-refractivity contribution in [2.75, 3.05) is 0 Å². The molecule has 0 aliphatic rings. The fourth-order valence-corrected chi connectivity index (χ4v) is 1.08. The molecule has 0 bridgehead atoms. The van der Waals surface area contributed by atoms with Gasteiger partial charge in [0.25, 0.3) is 0 Å². The van der Waals surface area contributed by atoms with Crippen LogP contribution in [0.15, 0.2) is 0 Å². The predicted octanol–water partition coefficient (Wildman–Crippen LogP) is -1.65. The molecule has 0 amide bonds. The number of nitrogens with one attached hydrogen (secondary N) is 4. The maximum absolute atomic E-state index is 7.19. The van der Waals surface area contributed by atoms with Crippen LogP contribution < -0.4 is 22.9 Å². The van der Waals surface area contributed by atoms with Crippen molar-refractivity contribution in [3.63, 3.8) is 0 Å². The lowest BCUT2D eigenvalue weighted by molar-refractivity contribution is 0.700. The van der Waals surface area contributed by atoms with Crippen LogP contribution >= 0.6 is 0 Å². The summed E-state index contributed by atoms with van der Waals surface area (Å²) in [6, 6.07) is 0. The standard InChI is InChI=1S/C7H16N8/c8-4(9)2(5(10)11)1-3(6(12)13)7(14)15/h2-3H,1H2,(H3,8,9)(H3,10,11)(H3,12,13)(H3,14,15). The first kappa shape index (κ1) is 12.9. The molecule has 0 saturated carbocycles. The Balaban J connectivity index is 4.77. The Hall–Kier alpha value is -2.12. The van der Waals surface area contributed by atoms with Gasteiger partial charge in [0, 0.05) is 0 Å². The summed E-state index contributed by atoms with van der Waals surface area (Å²) in [5, 5.41) is 28.8. The summed E-state index contributed by atoms with van der Waals surface area (Å²) >= 11 is 0. The molecule has 12 N–H and O–H groups in total. The molecular formula is C7H16N8. The topological polar surface area (TPSA) is 199 Å². The average molecular weight is 212 g/mol. The van der Waals surface area contributed by atoms with E-state index in [9.17, 15) is 0 Å². The predicted molar refractivity (Wildman–Crippen MR) is 59.3 cm³/mol. The smallest absolute Gasteiger partial charge is 0.101 e. The largest absolute Gasteiger partial charge is 0.387 e. The molecule has 8 heteroatoms. The van der Waals surface area contributed by atoms with Crippen LogP contribution in [0.4, 0.5) is 0 Å². The molecule has 0 aromatic carbocycles. The lowest BCUT2D eigenvalue weighted by atomic mass is 9.91. The molecule has 84 valence electrons. The Kier molecular flexibility index (Phi) is 4.24. The Bertz CT molecular complexity index is 248. The average Bonchev–Trinajstić information content (AvgIpc) is 2.01. The van der Waals surface area contributed by atoms with E-state index in [2.05, 4.69) is 0 Å². The first-order valence-corrected chi connectivity index (χ1v) is 4.13. The molecule has 0 saturated heterocycles. The first-order chi connectivity index (χ1) is 6.77. The maximum atomic E-state index is 7.19. The zero-order valence-electron chi connectivity index (χ0n) is 8.17. The highest BCUT2D eigenvalue weighted by Crippen LogP contribution is 2.12. The highest BCUT2D eigenvalue weighted by molar-refractivity contribution is 6.05. The van der Waals surface area contributed by atoms with E-state index in [1.807, 2.05) is 0 Å². The minimum Gasteiger partial charge on any atom is -0.387 e. The van der Waals surface area contributed by atoms with Gasteiger partial charge in [0.15, 0.2) is 0 Å². The Morgan fingerprint density at radius 1 is 0.667 bits per heavy atom. The molecule has 0 aromatic heterocycles. The van der Waals surface area contributed by atoms with E-state index in [1.54, 1.807) is 0 Å². The van der Waals surface area contributed by atoms with Gasteiger partial charge in [0.2, 0.25) is 0 Å². The summed E-state index contributed by atoms with van der Waals surface area (Å²) < 4.78 is 0. The molecule has 0 spiro atoms. The van der Waals surface area contributed by atoms with E-state index in [0.29, 0.717) is 0 Å². The van der Waals surface area contributed by atoms with Crippen LogP contribution in [0.3, 0.4) is 0 Å². The molecule has 0 aromatic rings. The third-order valence-corrected chi connectivity index (χ3v) is 1.97. The quantitative estimate of drug-likeness (QED) is 0.193. The van der Waals surface area contributed by atoms with Gasteiger partial charge in [0.1, 0.15) is 23.3 Å². The van der Waals surface area contributed by atoms with E-state index in [-0.39, 0.29) is 29.8 Å². The molecule has 15 heavy (non-hydrogen) atoms. The second-order valence-corrected chi connectivity index (χ2v) is 3.16. The summed E-state index contributed by atoms with van der Waals surface area (Å²) in [4.78, 5) is 0. The summed E-state index contributed by atoms with van der Waals surface area (Å²) in [6.45, 7) is 0. The minimum atomic E-state index is -0.831. The minimum absolute atomic E-state index is 0.00926. The van der Waals surface area contributed by atoms with Gasteiger partial charge in [-0.2, -0.15) is 0 Å². The van der Waals surface area contributed by atoms with Crippen molar-refractivity contribution in [2.45, 2.75) is 6.42 Å². The van der Waals surface area contributed by atoms with Crippen molar-refractivity contribution in [3.05, 3.63) is 0 Å². The maximum Gasteiger partial charge on any atom is 0.101 e. The fourth-order valence-electron chi connectivity index (χ4n) is 1.08. The molecule has 0 aliphatic heterocycles. The van der Waals surface area contributed by atoms with Crippen molar-refractivity contribution in [3.8, 4) is 0 Å². The van der Waals surface area contributed by atoms with Crippen LogP contribution in [-0.4, -0.2) is 23.3 Å². The van der Waals surface area contributed by atoms with Gasteiger partial charge >= 0.3 is 0 Å². The van der Waals surface area contributed by atoms with E-state index in [1.165, 1.54) is 0 Å². The van der Waals surface area contributed by atoms with Crippen LogP contribution in [-0.2, 0) is 0 Å². The molecule has 8 nitrogen and oxygen atoms in total. The second-order valence-electron chi connectivity index (χ2n) is 3.16. The Labute approximate surface area is 87.0 Å². The highest BCUT2D eigenvalue weighted by Gasteiger charge is 2.25. The van der Waals surface area contributed by atoms with Crippen molar-refractivity contribution < 1.29 is 0 Å². The summed E-state index contributed by atoms with van der Waals surface area (Å²) in [5.41, 5.74) is 20.9. The zero-order chi connectivity index (χ0) is 12.2. The van der Waals surface area contributed by atoms with Gasteiger partial charge in [-0.15, -0.1) is 0 Å². The molecule has 0 fully saturated rings. The Morgan fingerprint density at radius 3 is 1.00 bits per heavy atom.